The Bertz CT molecular complexity index is 1680. The summed E-state index contributed by atoms with van der Waals surface area (Å²) in [5.41, 5.74) is 1.51. The molecule has 0 unspecified atom stereocenters. The Kier molecular flexibility index (Phi) is 13.1. The number of carbonyl (C=O) groups is 2. The van der Waals surface area contributed by atoms with Crippen LogP contribution in [0.25, 0.3) is 0 Å². The maximum atomic E-state index is 14.4. The molecule has 0 spiro atoms. The minimum atomic E-state index is -3.86. The van der Waals surface area contributed by atoms with E-state index in [0.29, 0.717) is 46.6 Å². The van der Waals surface area contributed by atoms with Gasteiger partial charge in [-0.05, 0) is 89.4 Å². The van der Waals surface area contributed by atoms with Crippen LogP contribution in [0.1, 0.15) is 61.8 Å². The number of aromatic nitrogens is 1. The molecule has 4 rings (SSSR count). The van der Waals surface area contributed by atoms with Gasteiger partial charge in [0.1, 0.15) is 17.1 Å². The Morgan fingerprint density at radius 1 is 1.14 bits per heavy atom. The van der Waals surface area contributed by atoms with E-state index in [4.69, 9.17) is 25.6 Å². The van der Waals surface area contributed by atoms with Crippen LogP contribution < -0.4 is 15.4 Å². The SMILES string of the molecule is Cc1noc(C)c1NC(=O)Nc1ccc2c(c1)C(=O)N([C@H](C)CO)C[C@@H](C)[C@H](CN(C)S(=O)(=O)c1ccc(Cl)cc1)OCCCC[C@H](C)O2. The number of hydrogen-bond donors (Lipinski definition) is 3. The number of benzene rings is 2. The van der Waals surface area contributed by atoms with Crippen LogP contribution in [0.5, 0.6) is 5.75 Å². The number of likely N-dealkylation sites (N-methyl/N-ethyl adjacent to an activating group) is 1. The highest BCUT2D eigenvalue weighted by atomic mass is 35.5. The number of anilines is 2. The molecule has 0 radical (unpaired) electrons. The van der Waals surface area contributed by atoms with Crippen LogP contribution >= 0.6 is 11.6 Å². The summed E-state index contributed by atoms with van der Waals surface area (Å²) < 4.78 is 45.8. The molecule has 0 bridgehead atoms. The van der Waals surface area contributed by atoms with E-state index in [1.165, 1.54) is 40.5 Å². The van der Waals surface area contributed by atoms with Gasteiger partial charge in [-0.2, -0.15) is 4.31 Å². The lowest BCUT2D eigenvalue weighted by molar-refractivity contribution is -0.00833. The van der Waals surface area contributed by atoms with E-state index in [1.54, 1.807) is 39.0 Å². The zero-order chi connectivity index (χ0) is 35.9. The zero-order valence-corrected chi connectivity index (χ0v) is 30.3. The van der Waals surface area contributed by atoms with E-state index in [1.807, 2.05) is 13.8 Å². The second-order valence-electron chi connectivity index (χ2n) is 12.5. The zero-order valence-electron chi connectivity index (χ0n) is 28.7. The molecule has 2 heterocycles. The molecule has 15 heteroatoms. The first-order valence-corrected chi connectivity index (χ1v) is 18.1. The van der Waals surface area contributed by atoms with Crippen molar-refractivity contribution in [3.05, 3.63) is 64.5 Å². The molecular formula is C34H46ClN5O8S. The van der Waals surface area contributed by atoms with Gasteiger partial charge in [-0.3, -0.25) is 4.79 Å². The van der Waals surface area contributed by atoms with E-state index in [2.05, 4.69) is 15.8 Å². The summed E-state index contributed by atoms with van der Waals surface area (Å²) in [6.07, 6.45) is 1.35. The first-order valence-electron chi connectivity index (χ1n) is 16.3. The van der Waals surface area contributed by atoms with E-state index < -0.39 is 34.1 Å². The summed E-state index contributed by atoms with van der Waals surface area (Å²) in [4.78, 5) is 28.9. The Balaban J connectivity index is 1.63. The number of amides is 3. The van der Waals surface area contributed by atoms with E-state index >= 15 is 0 Å². The molecule has 3 aromatic rings. The summed E-state index contributed by atoms with van der Waals surface area (Å²) in [5, 5.41) is 20.0. The summed E-state index contributed by atoms with van der Waals surface area (Å²) in [6, 6.07) is 9.65. The number of fused-ring (bicyclic) bond motifs is 1. The highest BCUT2D eigenvalue weighted by Gasteiger charge is 2.32. The molecule has 4 atom stereocenters. The van der Waals surface area contributed by atoms with Gasteiger partial charge in [0, 0.05) is 43.4 Å². The fourth-order valence-corrected chi connectivity index (χ4v) is 6.85. The first kappa shape index (κ1) is 38.1. The lowest BCUT2D eigenvalue weighted by Gasteiger charge is -2.35. The normalized spacial score (nSPS) is 20.2. The summed E-state index contributed by atoms with van der Waals surface area (Å²) >= 11 is 5.98. The van der Waals surface area contributed by atoms with Crippen LogP contribution in [0.3, 0.4) is 0 Å². The van der Waals surface area contributed by atoms with Crippen LogP contribution in [0, 0.1) is 19.8 Å². The van der Waals surface area contributed by atoms with Crippen LogP contribution in [-0.2, 0) is 14.8 Å². The Hall–Kier alpha value is -3.69. The smallest absolute Gasteiger partial charge is 0.323 e. The van der Waals surface area contributed by atoms with E-state index in [9.17, 15) is 23.1 Å². The highest BCUT2D eigenvalue weighted by Crippen LogP contribution is 2.29. The first-order chi connectivity index (χ1) is 23.2. The van der Waals surface area contributed by atoms with Gasteiger partial charge in [0.15, 0.2) is 5.76 Å². The number of carbonyl (C=O) groups excluding carboxylic acids is 2. The molecule has 2 aromatic carbocycles. The number of nitrogens with one attached hydrogen (secondary N) is 2. The second-order valence-corrected chi connectivity index (χ2v) is 15.0. The van der Waals surface area contributed by atoms with Gasteiger partial charge in [-0.15, -0.1) is 0 Å². The van der Waals surface area contributed by atoms with Gasteiger partial charge >= 0.3 is 6.03 Å². The number of halogens is 1. The highest BCUT2D eigenvalue weighted by molar-refractivity contribution is 7.89. The number of urea groups is 1. The number of nitrogens with zero attached hydrogens (tertiary/aromatic N) is 3. The van der Waals surface area contributed by atoms with Crippen LogP contribution in [-0.4, -0.2) is 91.4 Å². The topological polar surface area (TPSA) is 164 Å². The molecule has 1 aliphatic rings. The molecule has 3 amide bonds. The third-order valence-corrected chi connectivity index (χ3v) is 10.6. The quantitative estimate of drug-likeness (QED) is 0.265. The number of ether oxygens (including phenoxy) is 2. The summed E-state index contributed by atoms with van der Waals surface area (Å²) in [5.74, 6) is 0.0151. The average molecular weight is 720 g/mol. The molecule has 49 heavy (non-hydrogen) atoms. The molecule has 3 N–H and O–H groups in total. The number of sulfonamides is 1. The van der Waals surface area contributed by atoms with E-state index in [-0.39, 0.29) is 42.2 Å². The van der Waals surface area contributed by atoms with Crippen molar-refractivity contribution >= 4 is 44.9 Å². The van der Waals surface area contributed by atoms with Crippen molar-refractivity contribution in [3.8, 4) is 5.75 Å². The van der Waals surface area contributed by atoms with Crippen molar-refractivity contribution in [2.75, 3.05) is 44.0 Å². The van der Waals surface area contributed by atoms with Gasteiger partial charge in [0.05, 0.1) is 35.3 Å². The predicted molar refractivity (Wildman–Crippen MR) is 187 cm³/mol. The molecule has 268 valence electrons. The second kappa shape index (κ2) is 16.8. The lowest BCUT2D eigenvalue weighted by Crippen LogP contribution is -2.48. The molecule has 1 aliphatic heterocycles. The predicted octanol–water partition coefficient (Wildman–Crippen LogP) is 5.71. The van der Waals surface area contributed by atoms with Crippen molar-refractivity contribution in [2.45, 2.75) is 77.0 Å². The Morgan fingerprint density at radius 3 is 2.51 bits per heavy atom. The molecule has 1 aromatic heterocycles. The van der Waals surface area contributed by atoms with Gasteiger partial charge in [0.2, 0.25) is 10.0 Å². The lowest BCUT2D eigenvalue weighted by atomic mass is 10.0. The van der Waals surface area contributed by atoms with Crippen molar-refractivity contribution in [1.82, 2.24) is 14.4 Å². The number of rotatable bonds is 8. The van der Waals surface area contributed by atoms with Crippen molar-refractivity contribution in [3.63, 3.8) is 0 Å². The maximum absolute atomic E-state index is 14.4. The monoisotopic (exact) mass is 719 g/mol. The number of aliphatic hydroxyl groups is 1. The van der Waals surface area contributed by atoms with Crippen LogP contribution in [0.4, 0.5) is 16.2 Å². The molecule has 0 saturated heterocycles. The molecule has 0 saturated carbocycles. The maximum Gasteiger partial charge on any atom is 0.323 e. The van der Waals surface area contributed by atoms with Gasteiger partial charge < -0.3 is 34.6 Å². The summed E-state index contributed by atoms with van der Waals surface area (Å²) in [6.45, 7) is 9.16. The minimum Gasteiger partial charge on any atom is -0.490 e. The Labute approximate surface area is 292 Å². The van der Waals surface area contributed by atoms with Gasteiger partial charge in [0.25, 0.3) is 5.91 Å². The van der Waals surface area contributed by atoms with Crippen LogP contribution in [0.2, 0.25) is 5.02 Å². The van der Waals surface area contributed by atoms with E-state index in [0.717, 1.165) is 12.8 Å². The van der Waals surface area contributed by atoms with Crippen molar-refractivity contribution in [1.29, 1.82) is 0 Å². The largest absolute Gasteiger partial charge is 0.490 e. The number of aryl methyl sites for hydroxylation is 2. The summed E-state index contributed by atoms with van der Waals surface area (Å²) in [7, 11) is -2.36. The van der Waals surface area contributed by atoms with Crippen molar-refractivity contribution in [2.24, 2.45) is 5.92 Å². The molecule has 0 fully saturated rings. The molecule has 0 aliphatic carbocycles. The fraction of sp³-hybridized carbons (Fsp3) is 0.500. The third-order valence-electron chi connectivity index (χ3n) is 8.54. The fourth-order valence-electron chi connectivity index (χ4n) is 5.54. The molecular weight excluding hydrogens is 674 g/mol. The third kappa shape index (κ3) is 9.73. The Morgan fingerprint density at radius 2 is 1.86 bits per heavy atom. The van der Waals surface area contributed by atoms with Crippen molar-refractivity contribution < 1.29 is 37.1 Å². The van der Waals surface area contributed by atoms with Gasteiger partial charge in [-0.25, -0.2) is 13.2 Å². The standard InChI is InChI=1S/C34H46ClN5O8S/c1-21-18-40(22(2)20-41)33(42)29-17-27(36-34(43)37-32-24(4)38-48-25(32)5)12-15-30(29)47-23(3)9-7-8-16-46-31(21)19-39(6)49(44,45)28-13-10-26(35)11-14-28/h10-15,17,21-23,31,41H,7-9,16,18-20H2,1-6H3,(H2,36,37,43)/t21-,22-,23+,31+/m1/s1. The average Bonchev–Trinajstić information content (AvgIpc) is 3.38. The van der Waals surface area contributed by atoms with Crippen LogP contribution in [0.15, 0.2) is 51.9 Å². The minimum absolute atomic E-state index is 0.0338. The van der Waals surface area contributed by atoms with Gasteiger partial charge in [-0.1, -0.05) is 23.7 Å². The number of hydrogen-bond acceptors (Lipinski definition) is 9. The number of aliphatic hydroxyl groups excluding tert-OH is 1. The molecule has 13 nitrogen and oxygen atoms in total.